The van der Waals surface area contributed by atoms with E-state index in [2.05, 4.69) is 11.8 Å². The summed E-state index contributed by atoms with van der Waals surface area (Å²) < 4.78 is 0. The fraction of sp³-hybridized carbons (Fsp3) is 0.750. The van der Waals surface area contributed by atoms with Crippen LogP contribution in [0.4, 0.5) is 0 Å². The number of hydrogen-bond donors (Lipinski definition) is 1. The molecule has 0 amide bonds. The lowest BCUT2D eigenvalue weighted by Gasteiger charge is -2.14. The summed E-state index contributed by atoms with van der Waals surface area (Å²) >= 11 is 0. The largest absolute Gasteiger partial charge is 0.342 e. The fourth-order valence-corrected chi connectivity index (χ4v) is 3.44. The van der Waals surface area contributed by atoms with E-state index >= 15 is 0 Å². The van der Waals surface area contributed by atoms with Crippen LogP contribution in [-0.2, 0) is 19.3 Å². The SMILES string of the molecule is CCCCCC(=O)C=C[C@H]1CCC(=O)[C@@H]1CCCCCCC(=O)OO. The Morgan fingerprint density at radius 2 is 1.84 bits per heavy atom. The smallest absolute Gasteiger partial charge is 0.301 e. The van der Waals surface area contributed by atoms with E-state index in [1.54, 1.807) is 6.08 Å². The lowest BCUT2D eigenvalue weighted by atomic mass is 9.89. The van der Waals surface area contributed by atoms with Gasteiger partial charge in [-0.05, 0) is 37.7 Å². The van der Waals surface area contributed by atoms with E-state index in [4.69, 9.17) is 5.26 Å². The van der Waals surface area contributed by atoms with Crippen LogP contribution < -0.4 is 0 Å². The minimum absolute atomic E-state index is 0.0436. The summed E-state index contributed by atoms with van der Waals surface area (Å²) in [6, 6.07) is 0. The molecule has 0 aliphatic heterocycles. The minimum Gasteiger partial charge on any atom is -0.301 e. The van der Waals surface area contributed by atoms with Crippen LogP contribution in [-0.4, -0.2) is 22.8 Å². The van der Waals surface area contributed by atoms with Gasteiger partial charge in [-0.1, -0.05) is 45.1 Å². The van der Waals surface area contributed by atoms with Crippen molar-refractivity contribution in [1.29, 1.82) is 0 Å². The number of hydrogen-bond acceptors (Lipinski definition) is 5. The van der Waals surface area contributed by atoms with Gasteiger partial charge in [0.1, 0.15) is 5.78 Å². The lowest BCUT2D eigenvalue weighted by molar-refractivity contribution is -0.234. The molecule has 0 heterocycles. The first-order valence-corrected chi connectivity index (χ1v) is 9.66. The third-order valence-electron chi connectivity index (χ3n) is 4.96. The Morgan fingerprint density at radius 1 is 1.12 bits per heavy atom. The van der Waals surface area contributed by atoms with Crippen LogP contribution in [0.15, 0.2) is 12.2 Å². The molecule has 0 aromatic carbocycles. The second kappa shape index (κ2) is 12.8. The van der Waals surface area contributed by atoms with Crippen molar-refractivity contribution in [1.82, 2.24) is 0 Å². The van der Waals surface area contributed by atoms with Gasteiger partial charge in [0.05, 0.1) is 0 Å². The van der Waals surface area contributed by atoms with E-state index in [0.717, 1.165) is 51.4 Å². The number of Topliss-reactive ketones (excluding diaryl/α,β-unsaturated/α-hetero) is 1. The predicted octanol–water partition coefficient (Wildman–Crippen LogP) is 4.64. The molecule has 1 N–H and O–H groups in total. The summed E-state index contributed by atoms with van der Waals surface area (Å²) in [5.41, 5.74) is 0. The van der Waals surface area contributed by atoms with Crippen molar-refractivity contribution in [2.24, 2.45) is 11.8 Å². The molecule has 0 spiro atoms. The number of unbranched alkanes of at least 4 members (excludes halogenated alkanes) is 5. The Kier molecular flexibility index (Phi) is 11.0. The molecular weight excluding hydrogens is 320 g/mol. The first kappa shape index (κ1) is 21.6. The van der Waals surface area contributed by atoms with Gasteiger partial charge >= 0.3 is 5.97 Å². The van der Waals surface area contributed by atoms with Crippen molar-refractivity contribution in [2.75, 3.05) is 0 Å². The van der Waals surface area contributed by atoms with Crippen molar-refractivity contribution in [3.63, 3.8) is 0 Å². The van der Waals surface area contributed by atoms with Gasteiger partial charge in [0, 0.05) is 25.2 Å². The van der Waals surface area contributed by atoms with E-state index in [1.165, 1.54) is 0 Å². The first-order chi connectivity index (χ1) is 12.1. The molecule has 0 aromatic rings. The van der Waals surface area contributed by atoms with E-state index < -0.39 is 5.97 Å². The molecule has 5 nitrogen and oxygen atoms in total. The van der Waals surface area contributed by atoms with Crippen molar-refractivity contribution in [3.05, 3.63) is 12.2 Å². The highest BCUT2D eigenvalue weighted by molar-refractivity contribution is 5.90. The molecule has 1 rings (SSSR count). The highest BCUT2D eigenvalue weighted by Crippen LogP contribution is 2.33. The Hall–Kier alpha value is -1.49. The summed E-state index contributed by atoms with van der Waals surface area (Å²) in [4.78, 5) is 38.4. The molecule has 5 heteroatoms. The highest BCUT2D eigenvalue weighted by Gasteiger charge is 2.32. The second-order valence-electron chi connectivity index (χ2n) is 6.97. The van der Waals surface area contributed by atoms with Gasteiger partial charge < -0.3 is 4.89 Å². The topological polar surface area (TPSA) is 80.7 Å². The molecule has 25 heavy (non-hydrogen) atoms. The number of allylic oxidation sites excluding steroid dienone is 2. The molecular formula is C20H32O5. The van der Waals surface area contributed by atoms with Gasteiger partial charge in [-0.25, -0.2) is 4.79 Å². The quantitative estimate of drug-likeness (QED) is 0.226. The van der Waals surface area contributed by atoms with Crippen LogP contribution in [0.5, 0.6) is 0 Å². The zero-order chi connectivity index (χ0) is 18.5. The average Bonchev–Trinajstić information content (AvgIpc) is 2.96. The number of rotatable bonds is 13. The third kappa shape index (κ3) is 8.96. The maximum atomic E-state index is 12.1. The summed E-state index contributed by atoms with van der Waals surface area (Å²) in [7, 11) is 0. The van der Waals surface area contributed by atoms with Gasteiger partial charge in [0.2, 0.25) is 0 Å². The Bertz CT molecular complexity index is 455. The molecule has 0 bridgehead atoms. The molecule has 0 aromatic heterocycles. The summed E-state index contributed by atoms with van der Waals surface area (Å²) in [5.74, 6) is 0.133. The van der Waals surface area contributed by atoms with Gasteiger partial charge in [0.25, 0.3) is 0 Å². The normalized spacial score (nSPS) is 20.3. The van der Waals surface area contributed by atoms with Crippen molar-refractivity contribution in [2.45, 2.75) is 84.0 Å². The molecule has 1 fully saturated rings. The summed E-state index contributed by atoms with van der Waals surface area (Å²) in [6.07, 6.45) is 13.4. The van der Waals surface area contributed by atoms with Crippen LogP contribution in [0.1, 0.15) is 84.0 Å². The van der Waals surface area contributed by atoms with E-state index in [-0.39, 0.29) is 24.0 Å². The molecule has 1 aliphatic carbocycles. The maximum absolute atomic E-state index is 12.1. The minimum atomic E-state index is -0.597. The zero-order valence-corrected chi connectivity index (χ0v) is 15.4. The summed E-state index contributed by atoms with van der Waals surface area (Å²) in [6.45, 7) is 2.12. The van der Waals surface area contributed by atoms with E-state index in [0.29, 0.717) is 25.0 Å². The van der Waals surface area contributed by atoms with Crippen LogP contribution in [0.2, 0.25) is 0 Å². The number of carbonyl (C=O) groups excluding carboxylic acids is 3. The molecule has 142 valence electrons. The molecule has 0 unspecified atom stereocenters. The number of carbonyl (C=O) groups is 3. The van der Waals surface area contributed by atoms with Crippen LogP contribution in [0.3, 0.4) is 0 Å². The average molecular weight is 352 g/mol. The number of ketones is 2. The third-order valence-corrected chi connectivity index (χ3v) is 4.96. The Morgan fingerprint density at radius 3 is 2.56 bits per heavy atom. The maximum Gasteiger partial charge on any atom is 0.342 e. The fourth-order valence-electron chi connectivity index (χ4n) is 3.44. The second-order valence-corrected chi connectivity index (χ2v) is 6.97. The van der Waals surface area contributed by atoms with Gasteiger partial charge in [-0.15, -0.1) is 0 Å². The molecule has 1 saturated carbocycles. The molecule has 2 atom stereocenters. The highest BCUT2D eigenvalue weighted by atomic mass is 17.1. The van der Waals surface area contributed by atoms with Crippen LogP contribution in [0, 0.1) is 11.8 Å². The van der Waals surface area contributed by atoms with Crippen molar-refractivity contribution >= 4 is 17.5 Å². The first-order valence-electron chi connectivity index (χ1n) is 9.66. The molecule has 1 aliphatic rings. The van der Waals surface area contributed by atoms with Crippen LogP contribution >= 0.6 is 0 Å². The van der Waals surface area contributed by atoms with E-state index in [1.807, 2.05) is 6.08 Å². The molecule has 0 saturated heterocycles. The van der Waals surface area contributed by atoms with Crippen molar-refractivity contribution < 1.29 is 24.5 Å². The Labute approximate surface area is 150 Å². The van der Waals surface area contributed by atoms with Crippen LogP contribution in [0.25, 0.3) is 0 Å². The van der Waals surface area contributed by atoms with Crippen molar-refractivity contribution in [3.8, 4) is 0 Å². The van der Waals surface area contributed by atoms with Gasteiger partial charge in [0.15, 0.2) is 5.78 Å². The molecule has 0 radical (unpaired) electrons. The predicted molar refractivity (Wildman–Crippen MR) is 95.9 cm³/mol. The standard InChI is InChI=1S/C20H32O5/c1-2-3-6-9-17(21)14-12-16-13-15-19(22)18(16)10-7-4-5-8-11-20(23)25-24/h12,14,16,18,24H,2-11,13,15H2,1H3/t16-,18+/m0/s1. The summed E-state index contributed by atoms with van der Waals surface area (Å²) in [5, 5.41) is 8.17. The monoisotopic (exact) mass is 352 g/mol. The Balaban J connectivity index is 2.27. The lowest BCUT2D eigenvalue weighted by Crippen LogP contribution is -2.13. The van der Waals surface area contributed by atoms with Gasteiger partial charge in [-0.2, -0.15) is 5.26 Å². The van der Waals surface area contributed by atoms with E-state index in [9.17, 15) is 14.4 Å². The zero-order valence-electron chi connectivity index (χ0n) is 15.4. The van der Waals surface area contributed by atoms with Gasteiger partial charge in [-0.3, -0.25) is 9.59 Å².